The topological polar surface area (TPSA) is 52.7 Å². The third-order valence-corrected chi connectivity index (χ3v) is 4.60. The molecule has 124 valence electrons. The van der Waals surface area contributed by atoms with E-state index in [-0.39, 0.29) is 29.7 Å². The summed E-state index contributed by atoms with van der Waals surface area (Å²) in [6.45, 7) is 4.06. The van der Waals surface area contributed by atoms with Crippen molar-refractivity contribution >= 4 is 11.9 Å². The number of benzene rings is 1. The minimum absolute atomic E-state index is 0.0561. The second kappa shape index (κ2) is 6.56. The van der Waals surface area contributed by atoms with Crippen LogP contribution in [0.5, 0.6) is 0 Å². The summed E-state index contributed by atoms with van der Waals surface area (Å²) in [4.78, 5) is 27.3. The molecule has 1 saturated carbocycles. The summed E-state index contributed by atoms with van der Waals surface area (Å²) in [5.74, 6) is 0.0206. The number of rotatable bonds is 2. The molecule has 1 N–H and O–H groups in total. The summed E-state index contributed by atoms with van der Waals surface area (Å²) in [5, 5.41) is 3.02. The third kappa shape index (κ3) is 3.81. The Hall–Kier alpha value is -2.11. The van der Waals surface area contributed by atoms with Gasteiger partial charge in [-0.05, 0) is 30.5 Å². The van der Waals surface area contributed by atoms with Crippen molar-refractivity contribution in [1.82, 2.24) is 15.1 Å². The molecule has 0 spiro atoms. The third-order valence-electron chi connectivity index (χ3n) is 4.60. The van der Waals surface area contributed by atoms with Gasteiger partial charge in [0.05, 0.1) is 0 Å². The molecular formula is C17H22FN3O2. The van der Waals surface area contributed by atoms with E-state index in [1.807, 2.05) is 6.07 Å². The Kier molecular flexibility index (Phi) is 4.50. The molecule has 5 nitrogen and oxygen atoms in total. The van der Waals surface area contributed by atoms with Crippen LogP contribution >= 0.6 is 0 Å². The average molecular weight is 319 g/mol. The summed E-state index contributed by atoms with van der Waals surface area (Å²) in [6.07, 6.45) is 1.65. The number of urea groups is 1. The number of carbonyl (C=O) groups excluding carboxylic acids is 2. The summed E-state index contributed by atoms with van der Waals surface area (Å²) in [5.41, 5.74) is 0.939. The summed E-state index contributed by atoms with van der Waals surface area (Å²) in [6, 6.07) is 6.56. The van der Waals surface area contributed by atoms with Gasteiger partial charge in [0.25, 0.3) is 0 Å². The first-order chi connectivity index (χ1) is 11.0. The molecular weight excluding hydrogens is 297 g/mol. The average Bonchev–Trinajstić information content (AvgIpc) is 3.29. The normalized spacial score (nSPS) is 24.1. The maximum Gasteiger partial charge on any atom is 0.317 e. The molecule has 6 heteroatoms. The summed E-state index contributed by atoms with van der Waals surface area (Å²) in [7, 11) is 0. The number of nitrogens with one attached hydrogen (secondary N) is 1. The molecule has 2 aliphatic rings. The highest BCUT2D eigenvalue weighted by Gasteiger charge is 2.40. The molecule has 1 aliphatic carbocycles. The van der Waals surface area contributed by atoms with Gasteiger partial charge in [-0.2, -0.15) is 0 Å². The van der Waals surface area contributed by atoms with Gasteiger partial charge < -0.3 is 15.1 Å². The van der Waals surface area contributed by atoms with Gasteiger partial charge >= 0.3 is 6.03 Å². The molecule has 1 heterocycles. The lowest BCUT2D eigenvalue weighted by atomic mass is 10.1. The van der Waals surface area contributed by atoms with E-state index in [1.165, 1.54) is 12.1 Å². The largest absolute Gasteiger partial charge is 0.341 e. The van der Waals surface area contributed by atoms with Crippen molar-refractivity contribution in [3.05, 3.63) is 35.6 Å². The predicted molar refractivity (Wildman–Crippen MR) is 84.5 cm³/mol. The van der Waals surface area contributed by atoms with Gasteiger partial charge in [-0.1, -0.05) is 12.1 Å². The number of hydrogen-bond acceptors (Lipinski definition) is 2. The minimum Gasteiger partial charge on any atom is -0.341 e. The highest BCUT2D eigenvalue weighted by Crippen LogP contribution is 2.40. The van der Waals surface area contributed by atoms with Crippen molar-refractivity contribution in [3.8, 4) is 0 Å². The number of hydrogen-bond donors (Lipinski definition) is 1. The van der Waals surface area contributed by atoms with Gasteiger partial charge in [0, 0.05) is 45.1 Å². The first-order valence-electron chi connectivity index (χ1n) is 8.11. The van der Waals surface area contributed by atoms with E-state index in [0.717, 1.165) is 18.4 Å². The van der Waals surface area contributed by atoms with Gasteiger partial charge in [0.15, 0.2) is 0 Å². The Morgan fingerprint density at radius 1 is 1.17 bits per heavy atom. The SMILES string of the molecule is CC(=O)N1CCCN(C(=O)N[C@@H]2C[C@H]2c2cccc(F)c2)CC1. The molecule has 0 unspecified atom stereocenters. The van der Waals surface area contributed by atoms with Crippen molar-refractivity contribution in [3.63, 3.8) is 0 Å². The summed E-state index contributed by atoms with van der Waals surface area (Å²) >= 11 is 0. The molecule has 0 radical (unpaired) electrons. The van der Waals surface area contributed by atoms with Crippen LogP contribution in [0.2, 0.25) is 0 Å². The predicted octanol–water partition coefficient (Wildman–Crippen LogP) is 1.95. The fourth-order valence-electron chi connectivity index (χ4n) is 3.15. The molecule has 3 amide bonds. The first-order valence-corrected chi connectivity index (χ1v) is 8.11. The van der Waals surface area contributed by atoms with E-state index >= 15 is 0 Å². The van der Waals surface area contributed by atoms with Crippen molar-refractivity contribution < 1.29 is 14.0 Å². The molecule has 2 fully saturated rings. The maximum atomic E-state index is 13.3. The molecule has 0 aromatic heterocycles. The Labute approximate surface area is 135 Å². The minimum atomic E-state index is -0.240. The van der Waals surface area contributed by atoms with Gasteiger partial charge in [0.1, 0.15) is 5.82 Å². The van der Waals surface area contributed by atoms with Crippen molar-refractivity contribution in [2.75, 3.05) is 26.2 Å². The highest BCUT2D eigenvalue weighted by atomic mass is 19.1. The maximum absolute atomic E-state index is 13.3. The summed E-state index contributed by atoms with van der Waals surface area (Å²) < 4.78 is 13.3. The zero-order valence-electron chi connectivity index (χ0n) is 13.3. The van der Waals surface area contributed by atoms with Gasteiger partial charge in [-0.15, -0.1) is 0 Å². The second-order valence-electron chi connectivity index (χ2n) is 6.30. The second-order valence-corrected chi connectivity index (χ2v) is 6.30. The Morgan fingerprint density at radius 3 is 2.65 bits per heavy atom. The van der Waals surface area contributed by atoms with Gasteiger partial charge in [0.2, 0.25) is 5.91 Å². The van der Waals surface area contributed by atoms with Crippen LogP contribution in [0.4, 0.5) is 9.18 Å². The number of halogens is 1. The molecule has 0 bridgehead atoms. The lowest BCUT2D eigenvalue weighted by Crippen LogP contribution is -2.43. The van der Waals surface area contributed by atoms with E-state index in [1.54, 1.807) is 22.8 Å². The van der Waals surface area contributed by atoms with Crippen LogP contribution in [-0.4, -0.2) is 54.0 Å². The molecule has 3 rings (SSSR count). The zero-order valence-corrected chi connectivity index (χ0v) is 13.3. The van der Waals surface area contributed by atoms with Crippen molar-refractivity contribution in [2.24, 2.45) is 0 Å². The van der Waals surface area contributed by atoms with Crippen LogP contribution in [0.3, 0.4) is 0 Å². The quantitative estimate of drug-likeness (QED) is 0.906. The van der Waals surface area contributed by atoms with Crippen LogP contribution < -0.4 is 5.32 Å². The molecule has 23 heavy (non-hydrogen) atoms. The molecule has 1 aliphatic heterocycles. The Bertz CT molecular complexity index is 607. The smallest absolute Gasteiger partial charge is 0.317 e. The van der Waals surface area contributed by atoms with Crippen LogP contribution in [0, 0.1) is 5.82 Å². The molecule has 2 atom stereocenters. The monoisotopic (exact) mass is 319 g/mol. The van der Waals surface area contributed by atoms with E-state index in [4.69, 9.17) is 0 Å². The molecule has 1 saturated heterocycles. The zero-order chi connectivity index (χ0) is 16.4. The Morgan fingerprint density at radius 2 is 1.91 bits per heavy atom. The number of amides is 3. The number of carbonyl (C=O) groups is 2. The fourth-order valence-corrected chi connectivity index (χ4v) is 3.15. The van der Waals surface area contributed by atoms with E-state index < -0.39 is 0 Å². The van der Waals surface area contributed by atoms with Gasteiger partial charge in [-0.3, -0.25) is 4.79 Å². The van der Waals surface area contributed by atoms with Gasteiger partial charge in [-0.25, -0.2) is 9.18 Å². The van der Waals surface area contributed by atoms with Crippen LogP contribution in [0.25, 0.3) is 0 Å². The van der Waals surface area contributed by atoms with Crippen LogP contribution in [0.15, 0.2) is 24.3 Å². The highest BCUT2D eigenvalue weighted by molar-refractivity contribution is 5.76. The van der Waals surface area contributed by atoms with Crippen molar-refractivity contribution in [1.29, 1.82) is 0 Å². The van der Waals surface area contributed by atoms with Crippen LogP contribution in [0.1, 0.15) is 31.2 Å². The lowest BCUT2D eigenvalue weighted by molar-refractivity contribution is -0.128. The molecule has 1 aromatic carbocycles. The van der Waals surface area contributed by atoms with Crippen LogP contribution in [-0.2, 0) is 4.79 Å². The van der Waals surface area contributed by atoms with E-state index in [9.17, 15) is 14.0 Å². The van der Waals surface area contributed by atoms with E-state index in [0.29, 0.717) is 26.2 Å². The first kappa shape index (κ1) is 15.8. The fraction of sp³-hybridized carbons (Fsp3) is 0.529. The van der Waals surface area contributed by atoms with E-state index in [2.05, 4.69) is 5.32 Å². The number of nitrogens with zero attached hydrogens (tertiary/aromatic N) is 2. The van der Waals surface area contributed by atoms with Crippen molar-refractivity contribution in [2.45, 2.75) is 31.7 Å². The lowest BCUT2D eigenvalue weighted by Gasteiger charge is -2.22. The standard InChI is InChI=1S/C17H22FN3O2/c1-12(22)20-6-3-7-21(9-8-20)17(23)19-16-11-15(16)13-4-2-5-14(18)10-13/h2,4-5,10,15-16H,3,6-9,11H2,1H3,(H,19,23)/t15-,16+/m0/s1. The Balaban J connectivity index is 1.51. The molecule has 1 aromatic rings.